The van der Waals surface area contributed by atoms with E-state index in [-0.39, 0.29) is 5.76 Å². The van der Waals surface area contributed by atoms with Crippen LogP contribution < -0.4 is 10.2 Å². The zero-order valence-electron chi connectivity index (χ0n) is 17.3. The van der Waals surface area contributed by atoms with Gasteiger partial charge >= 0.3 is 11.9 Å². The number of anilines is 1. The number of rotatable bonds is 5. The Labute approximate surface area is 179 Å². The highest BCUT2D eigenvalue weighted by atomic mass is 16.5. The van der Waals surface area contributed by atoms with E-state index < -0.39 is 11.9 Å². The molecule has 1 heterocycles. The molecule has 1 aliphatic carbocycles. The number of furan rings is 1. The maximum absolute atomic E-state index is 12.8. The van der Waals surface area contributed by atoms with Gasteiger partial charge in [0.05, 0.1) is 24.1 Å². The highest BCUT2D eigenvalue weighted by molar-refractivity contribution is 6.06. The Morgan fingerprint density at radius 2 is 1.74 bits per heavy atom. The number of ether oxygens (including phenoxy) is 2. The van der Waals surface area contributed by atoms with Crippen LogP contribution in [-0.4, -0.2) is 24.8 Å². The molecule has 0 saturated heterocycles. The fourth-order valence-electron chi connectivity index (χ4n) is 3.55. The molecule has 0 saturated carbocycles. The maximum Gasteiger partial charge on any atom is 0.379 e. The van der Waals surface area contributed by atoms with Crippen LogP contribution in [0.15, 0.2) is 64.1 Å². The Kier molecular flexibility index (Phi) is 5.84. The molecule has 0 spiro atoms. The predicted octanol–water partition coefficient (Wildman–Crippen LogP) is 4.75. The summed E-state index contributed by atoms with van der Waals surface area (Å²) in [5, 5.41) is 4.56. The van der Waals surface area contributed by atoms with Crippen molar-refractivity contribution < 1.29 is 23.5 Å². The van der Waals surface area contributed by atoms with Gasteiger partial charge in [0.15, 0.2) is 0 Å². The van der Waals surface area contributed by atoms with E-state index in [0.29, 0.717) is 16.9 Å². The molecule has 31 heavy (non-hydrogen) atoms. The second-order valence-electron chi connectivity index (χ2n) is 7.15. The third-order valence-electron chi connectivity index (χ3n) is 5.09. The molecule has 2 aromatic carbocycles. The summed E-state index contributed by atoms with van der Waals surface area (Å²) in [6.45, 7) is 1.84. The number of carbonyl (C=O) groups excluding carboxylic acids is 2. The zero-order chi connectivity index (χ0) is 21.8. The molecule has 7 heteroatoms. The molecule has 1 N–H and O–H groups in total. The number of nitrogens with zero attached hydrogens (tertiary/aromatic N) is 1. The molecular weight excluding hydrogens is 396 g/mol. The minimum atomic E-state index is -0.590. The summed E-state index contributed by atoms with van der Waals surface area (Å²) in [6.07, 6.45) is 2.41. The number of benzene rings is 2. The molecule has 0 atom stereocenters. The second kappa shape index (κ2) is 8.87. The van der Waals surface area contributed by atoms with Crippen molar-refractivity contribution >= 4 is 23.3 Å². The Hall–Kier alpha value is -3.87. The van der Waals surface area contributed by atoms with Crippen LogP contribution in [0.3, 0.4) is 0 Å². The standard InChI is InChI=1S/C24H22N2O5/c1-15-21-19(26-25-17-7-4-3-5-8-17)9-6-10-20(21)31-22(15)24(28)30-18-13-11-16(12-14-18)23(27)29-2/h3-5,7-8,11-14,25H,6,9-10H2,1-2H3/b26-19+. The fourth-order valence-corrected chi connectivity index (χ4v) is 3.55. The van der Waals surface area contributed by atoms with Gasteiger partial charge in [-0.05, 0) is 56.2 Å². The van der Waals surface area contributed by atoms with Crippen LogP contribution >= 0.6 is 0 Å². The van der Waals surface area contributed by atoms with Crippen LogP contribution in [0.25, 0.3) is 0 Å². The van der Waals surface area contributed by atoms with Gasteiger partial charge in [-0.1, -0.05) is 18.2 Å². The number of methoxy groups -OCH3 is 1. The number of aryl methyl sites for hydroxylation is 1. The Balaban J connectivity index is 1.54. The number of hydrogen-bond acceptors (Lipinski definition) is 7. The Morgan fingerprint density at radius 3 is 2.45 bits per heavy atom. The molecule has 1 aliphatic rings. The van der Waals surface area contributed by atoms with Gasteiger partial charge < -0.3 is 13.9 Å². The van der Waals surface area contributed by atoms with Crippen molar-refractivity contribution in [3.63, 3.8) is 0 Å². The lowest BCUT2D eigenvalue weighted by Gasteiger charge is -2.13. The first kappa shape index (κ1) is 20.4. The van der Waals surface area contributed by atoms with Gasteiger partial charge in [-0.3, -0.25) is 5.43 Å². The van der Waals surface area contributed by atoms with E-state index in [1.165, 1.54) is 19.2 Å². The van der Waals surface area contributed by atoms with Crippen molar-refractivity contribution in [2.45, 2.75) is 26.2 Å². The molecule has 0 aliphatic heterocycles. The summed E-state index contributed by atoms with van der Waals surface area (Å²) < 4.78 is 16.0. The average molecular weight is 418 g/mol. The first-order valence-corrected chi connectivity index (χ1v) is 9.97. The third-order valence-corrected chi connectivity index (χ3v) is 5.09. The molecule has 0 amide bonds. The molecule has 7 nitrogen and oxygen atoms in total. The number of hydrazone groups is 1. The largest absolute Gasteiger partial charge is 0.465 e. The van der Waals surface area contributed by atoms with Gasteiger partial charge in [0.1, 0.15) is 11.5 Å². The van der Waals surface area contributed by atoms with Gasteiger partial charge in [-0.15, -0.1) is 0 Å². The summed E-state index contributed by atoms with van der Waals surface area (Å²) in [6, 6.07) is 15.8. The van der Waals surface area contributed by atoms with Gasteiger partial charge in [-0.2, -0.15) is 5.10 Å². The average Bonchev–Trinajstić information content (AvgIpc) is 3.15. The highest BCUT2D eigenvalue weighted by Gasteiger charge is 2.29. The summed E-state index contributed by atoms with van der Waals surface area (Å²) in [5.74, 6) is 0.171. The minimum Gasteiger partial charge on any atom is -0.465 e. The van der Waals surface area contributed by atoms with Crippen molar-refractivity contribution in [2.24, 2.45) is 5.10 Å². The lowest BCUT2D eigenvalue weighted by Crippen LogP contribution is -2.13. The number of carbonyl (C=O) groups is 2. The smallest absolute Gasteiger partial charge is 0.379 e. The summed E-state index contributed by atoms with van der Waals surface area (Å²) >= 11 is 0. The van der Waals surface area contributed by atoms with Gasteiger partial charge in [0.25, 0.3) is 0 Å². The quantitative estimate of drug-likeness (QED) is 0.365. The van der Waals surface area contributed by atoms with Gasteiger partial charge in [0, 0.05) is 17.5 Å². The van der Waals surface area contributed by atoms with Gasteiger partial charge in [0.2, 0.25) is 5.76 Å². The zero-order valence-corrected chi connectivity index (χ0v) is 17.3. The summed E-state index contributed by atoms with van der Waals surface area (Å²) in [5.41, 5.74) is 6.76. The van der Waals surface area contributed by atoms with Crippen molar-refractivity contribution in [3.8, 4) is 5.75 Å². The topological polar surface area (TPSA) is 90.1 Å². The predicted molar refractivity (Wildman–Crippen MR) is 116 cm³/mol. The van der Waals surface area contributed by atoms with Crippen LogP contribution in [0.1, 0.15) is 50.6 Å². The molecule has 158 valence electrons. The van der Waals surface area contributed by atoms with Crippen molar-refractivity contribution in [2.75, 3.05) is 12.5 Å². The molecule has 4 rings (SSSR count). The van der Waals surface area contributed by atoms with Crippen LogP contribution in [0.2, 0.25) is 0 Å². The minimum absolute atomic E-state index is 0.163. The first-order chi connectivity index (χ1) is 15.1. The lowest BCUT2D eigenvalue weighted by molar-refractivity contribution is 0.0600. The summed E-state index contributed by atoms with van der Waals surface area (Å²) in [4.78, 5) is 24.3. The van der Waals surface area contributed by atoms with E-state index in [0.717, 1.165) is 42.0 Å². The van der Waals surface area contributed by atoms with Gasteiger partial charge in [-0.25, -0.2) is 9.59 Å². The first-order valence-electron chi connectivity index (χ1n) is 9.97. The molecule has 0 radical (unpaired) electrons. The second-order valence-corrected chi connectivity index (χ2v) is 7.15. The van der Waals surface area contributed by atoms with E-state index in [9.17, 15) is 9.59 Å². The fraction of sp³-hybridized carbons (Fsp3) is 0.208. The molecular formula is C24H22N2O5. The van der Waals surface area contributed by atoms with Crippen molar-refractivity contribution in [1.29, 1.82) is 0 Å². The number of fused-ring (bicyclic) bond motifs is 1. The molecule has 1 aromatic heterocycles. The lowest BCUT2D eigenvalue weighted by atomic mass is 9.93. The van der Waals surface area contributed by atoms with Crippen LogP contribution in [-0.2, 0) is 11.2 Å². The summed E-state index contributed by atoms with van der Waals surface area (Å²) in [7, 11) is 1.31. The number of esters is 2. The number of para-hydroxylation sites is 1. The normalized spacial score (nSPS) is 14.1. The van der Waals surface area contributed by atoms with Crippen molar-refractivity contribution in [1.82, 2.24) is 0 Å². The third kappa shape index (κ3) is 4.35. The molecule has 0 bridgehead atoms. The molecule has 0 unspecified atom stereocenters. The van der Waals surface area contributed by atoms with Crippen LogP contribution in [0.5, 0.6) is 5.75 Å². The SMILES string of the molecule is COC(=O)c1ccc(OC(=O)c2oc3c(c2C)/C(=N/Nc2ccccc2)CCC3)cc1. The van der Waals surface area contributed by atoms with E-state index >= 15 is 0 Å². The van der Waals surface area contributed by atoms with E-state index in [1.807, 2.05) is 37.3 Å². The van der Waals surface area contributed by atoms with E-state index in [1.54, 1.807) is 12.1 Å². The molecule has 0 fully saturated rings. The van der Waals surface area contributed by atoms with Crippen LogP contribution in [0.4, 0.5) is 5.69 Å². The number of hydrogen-bond donors (Lipinski definition) is 1. The molecule has 3 aromatic rings. The van der Waals surface area contributed by atoms with Crippen molar-refractivity contribution in [3.05, 3.63) is 82.8 Å². The van der Waals surface area contributed by atoms with E-state index in [2.05, 4.69) is 15.3 Å². The number of nitrogens with one attached hydrogen (secondary N) is 1. The highest BCUT2D eigenvalue weighted by Crippen LogP contribution is 2.31. The monoisotopic (exact) mass is 418 g/mol. The Bertz CT molecular complexity index is 1130. The maximum atomic E-state index is 12.8. The Morgan fingerprint density at radius 1 is 1.00 bits per heavy atom. The van der Waals surface area contributed by atoms with E-state index in [4.69, 9.17) is 9.15 Å². The van der Waals surface area contributed by atoms with Crippen LogP contribution in [0, 0.1) is 6.92 Å².